The summed E-state index contributed by atoms with van der Waals surface area (Å²) in [5.41, 5.74) is 1.07. The zero-order chi connectivity index (χ0) is 9.97. The third-order valence-electron chi connectivity index (χ3n) is 2.47. The van der Waals surface area contributed by atoms with Gasteiger partial charge in [0.1, 0.15) is 6.17 Å². The van der Waals surface area contributed by atoms with Crippen LogP contribution in [0.3, 0.4) is 0 Å². The summed E-state index contributed by atoms with van der Waals surface area (Å²) < 4.78 is 13.1. The van der Waals surface area contributed by atoms with E-state index in [1.807, 2.05) is 17.9 Å². The zero-order valence-electron chi connectivity index (χ0n) is 8.28. The molecule has 2 heterocycles. The SMILES string of the molecule is Cc1cnnc(N2CCCC(F)C2)c1. The van der Waals surface area contributed by atoms with E-state index in [9.17, 15) is 4.39 Å². The first-order valence-corrected chi connectivity index (χ1v) is 4.94. The molecule has 1 fully saturated rings. The fraction of sp³-hybridized carbons (Fsp3) is 0.600. The Labute approximate surface area is 82.9 Å². The maximum Gasteiger partial charge on any atom is 0.151 e. The van der Waals surface area contributed by atoms with Crippen LogP contribution in [0.4, 0.5) is 10.2 Å². The summed E-state index contributed by atoms with van der Waals surface area (Å²) in [5.74, 6) is 0.798. The highest BCUT2D eigenvalue weighted by atomic mass is 19.1. The smallest absolute Gasteiger partial charge is 0.151 e. The van der Waals surface area contributed by atoms with Crippen molar-refractivity contribution < 1.29 is 4.39 Å². The van der Waals surface area contributed by atoms with Gasteiger partial charge in [-0.3, -0.25) is 0 Å². The number of piperidine rings is 1. The molecular weight excluding hydrogens is 181 g/mol. The van der Waals surface area contributed by atoms with Crippen molar-refractivity contribution >= 4 is 5.82 Å². The van der Waals surface area contributed by atoms with Crippen molar-refractivity contribution in [1.82, 2.24) is 10.2 Å². The Morgan fingerprint density at radius 3 is 3.14 bits per heavy atom. The van der Waals surface area contributed by atoms with Crippen LogP contribution in [0, 0.1) is 6.92 Å². The first kappa shape index (κ1) is 9.37. The van der Waals surface area contributed by atoms with Gasteiger partial charge in [0.25, 0.3) is 0 Å². The summed E-state index contributed by atoms with van der Waals surface area (Å²) in [4.78, 5) is 1.97. The van der Waals surface area contributed by atoms with Crippen LogP contribution in [0.1, 0.15) is 18.4 Å². The summed E-state index contributed by atoms with van der Waals surface area (Å²) in [7, 11) is 0. The number of hydrogen-bond donors (Lipinski definition) is 0. The van der Waals surface area contributed by atoms with E-state index in [0.29, 0.717) is 13.0 Å². The quantitative estimate of drug-likeness (QED) is 0.683. The third kappa shape index (κ3) is 2.00. The van der Waals surface area contributed by atoms with Crippen molar-refractivity contribution in [2.45, 2.75) is 25.9 Å². The van der Waals surface area contributed by atoms with E-state index in [0.717, 1.165) is 24.3 Å². The largest absolute Gasteiger partial charge is 0.352 e. The Hall–Kier alpha value is -1.19. The topological polar surface area (TPSA) is 29.0 Å². The minimum absolute atomic E-state index is 0.456. The van der Waals surface area contributed by atoms with Gasteiger partial charge in [0.15, 0.2) is 5.82 Å². The number of alkyl halides is 1. The van der Waals surface area contributed by atoms with Crippen molar-refractivity contribution in [3.8, 4) is 0 Å². The standard InChI is InChI=1S/C10H14FN3/c1-8-5-10(13-12-6-8)14-4-2-3-9(11)7-14/h5-6,9H,2-4,7H2,1H3. The molecule has 1 unspecified atom stereocenters. The number of hydrogen-bond acceptors (Lipinski definition) is 3. The van der Waals surface area contributed by atoms with Crippen LogP contribution in [0.5, 0.6) is 0 Å². The molecular formula is C10H14FN3. The van der Waals surface area contributed by atoms with E-state index in [2.05, 4.69) is 10.2 Å². The molecule has 76 valence electrons. The summed E-state index contributed by atoms with van der Waals surface area (Å²) >= 11 is 0. The van der Waals surface area contributed by atoms with Crippen LogP contribution >= 0.6 is 0 Å². The van der Waals surface area contributed by atoms with Crippen molar-refractivity contribution in [2.24, 2.45) is 0 Å². The molecule has 0 aliphatic carbocycles. The van der Waals surface area contributed by atoms with Crippen molar-refractivity contribution in [3.63, 3.8) is 0 Å². The molecule has 3 nitrogen and oxygen atoms in total. The lowest BCUT2D eigenvalue weighted by molar-refractivity contribution is 0.286. The van der Waals surface area contributed by atoms with Gasteiger partial charge in [0, 0.05) is 6.54 Å². The van der Waals surface area contributed by atoms with Crippen molar-refractivity contribution in [3.05, 3.63) is 17.8 Å². The molecule has 2 rings (SSSR count). The molecule has 1 aromatic rings. The highest BCUT2D eigenvalue weighted by Gasteiger charge is 2.20. The Morgan fingerprint density at radius 2 is 2.43 bits per heavy atom. The minimum atomic E-state index is -0.717. The predicted molar refractivity (Wildman–Crippen MR) is 53.1 cm³/mol. The predicted octanol–water partition coefficient (Wildman–Crippen LogP) is 1.72. The van der Waals surface area contributed by atoms with Gasteiger partial charge in [-0.05, 0) is 31.4 Å². The average Bonchev–Trinajstić information content (AvgIpc) is 2.18. The van der Waals surface area contributed by atoms with Gasteiger partial charge in [-0.2, -0.15) is 5.10 Å². The van der Waals surface area contributed by atoms with E-state index in [1.165, 1.54) is 0 Å². The summed E-state index contributed by atoms with van der Waals surface area (Å²) in [5, 5.41) is 7.88. The molecule has 0 aromatic carbocycles. The van der Waals surface area contributed by atoms with Gasteiger partial charge in [-0.15, -0.1) is 5.10 Å². The Kier molecular flexibility index (Phi) is 2.61. The molecule has 0 radical (unpaired) electrons. The molecule has 0 N–H and O–H groups in total. The summed E-state index contributed by atoms with van der Waals surface area (Å²) in [6.07, 6.45) is 2.57. The van der Waals surface area contributed by atoms with Gasteiger partial charge < -0.3 is 4.90 Å². The Balaban J connectivity index is 2.14. The van der Waals surface area contributed by atoms with Crippen LogP contribution in [-0.2, 0) is 0 Å². The monoisotopic (exact) mass is 195 g/mol. The van der Waals surface area contributed by atoms with Gasteiger partial charge in [0.2, 0.25) is 0 Å². The maximum absolute atomic E-state index is 13.1. The Morgan fingerprint density at radius 1 is 1.57 bits per heavy atom. The first-order chi connectivity index (χ1) is 6.75. The van der Waals surface area contributed by atoms with Crippen LogP contribution in [0.25, 0.3) is 0 Å². The molecule has 1 aliphatic heterocycles. The van der Waals surface area contributed by atoms with Crippen LogP contribution in [-0.4, -0.2) is 29.5 Å². The lowest BCUT2D eigenvalue weighted by Crippen LogP contribution is -2.37. The molecule has 1 aromatic heterocycles. The average molecular weight is 195 g/mol. The first-order valence-electron chi connectivity index (χ1n) is 4.94. The fourth-order valence-electron chi connectivity index (χ4n) is 1.74. The zero-order valence-corrected chi connectivity index (χ0v) is 8.28. The molecule has 4 heteroatoms. The lowest BCUT2D eigenvalue weighted by atomic mass is 10.1. The maximum atomic E-state index is 13.1. The lowest BCUT2D eigenvalue weighted by Gasteiger charge is -2.29. The van der Waals surface area contributed by atoms with E-state index >= 15 is 0 Å². The second-order valence-corrected chi connectivity index (χ2v) is 3.78. The van der Waals surface area contributed by atoms with Crippen LogP contribution in [0.15, 0.2) is 12.3 Å². The second-order valence-electron chi connectivity index (χ2n) is 3.78. The molecule has 0 bridgehead atoms. The van der Waals surface area contributed by atoms with Crippen LogP contribution in [0.2, 0.25) is 0 Å². The number of halogens is 1. The third-order valence-corrected chi connectivity index (χ3v) is 2.47. The van der Waals surface area contributed by atoms with Crippen molar-refractivity contribution in [1.29, 1.82) is 0 Å². The van der Waals surface area contributed by atoms with Gasteiger partial charge in [0.05, 0.1) is 12.7 Å². The molecule has 0 amide bonds. The highest BCUT2D eigenvalue weighted by Crippen LogP contribution is 2.19. The van der Waals surface area contributed by atoms with E-state index in [-0.39, 0.29) is 0 Å². The van der Waals surface area contributed by atoms with E-state index in [1.54, 1.807) is 6.20 Å². The number of aromatic nitrogens is 2. The minimum Gasteiger partial charge on any atom is -0.352 e. The van der Waals surface area contributed by atoms with E-state index < -0.39 is 6.17 Å². The summed E-state index contributed by atoms with van der Waals surface area (Å²) in [6.45, 7) is 3.31. The number of anilines is 1. The molecule has 0 saturated carbocycles. The van der Waals surface area contributed by atoms with E-state index in [4.69, 9.17) is 0 Å². The fourth-order valence-corrected chi connectivity index (χ4v) is 1.74. The molecule has 14 heavy (non-hydrogen) atoms. The normalized spacial score (nSPS) is 22.4. The number of aryl methyl sites for hydroxylation is 1. The second kappa shape index (κ2) is 3.90. The van der Waals surface area contributed by atoms with Gasteiger partial charge >= 0.3 is 0 Å². The molecule has 1 atom stereocenters. The van der Waals surface area contributed by atoms with Gasteiger partial charge in [-0.1, -0.05) is 0 Å². The molecule has 1 aliphatic rings. The van der Waals surface area contributed by atoms with Gasteiger partial charge in [-0.25, -0.2) is 4.39 Å². The Bertz CT molecular complexity index is 316. The van der Waals surface area contributed by atoms with Crippen molar-refractivity contribution in [2.75, 3.05) is 18.0 Å². The number of nitrogens with zero attached hydrogens (tertiary/aromatic N) is 3. The molecule has 0 spiro atoms. The van der Waals surface area contributed by atoms with Crippen LogP contribution < -0.4 is 4.90 Å². The number of rotatable bonds is 1. The summed E-state index contributed by atoms with van der Waals surface area (Å²) in [6, 6.07) is 1.95. The highest BCUT2D eigenvalue weighted by molar-refractivity contribution is 5.39. The molecule has 1 saturated heterocycles.